The number of nitrogens with zero attached hydrogens (tertiary/aromatic N) is 1. The Morgan fingerprint density at radius 3 is 2.34 bits per heavy atom. The molecule has 2 aliphatic heterocycles. The number of fused-ring (bicyclic) bond motifs is 1. The number of rotatable bonds is 4. The molecule has 3 amide bonds. The van der Waals surface area contributed by atoms with E-state index in [2.05, 4.69) is 30.8 Å². The van der Waals surface area contributed by atoms with Crippen molar-refractivity contribution >= 4 is 33.4 Å². The number of nitrogens with one attached hydrogen (secondary N) is 2. The van der Waals surface area contributed by atoms with E-state index in [4.69, 9.17) is 0 Å². The number of sulfonamides is 1. The van der Waals surface area contributed by atoms with Gasteiger partial charge in [-0.05, 0) is 47.2 Å². The highest BCUT2D eigenvalue weighted by atomic mass is 32.2. The summed E-state index contributed by atoms with van der Waals surface area (Å²) in [6.45, 7) is 6.39. The molecule has 2 aliphatic rings. The van der Waals surface area contributed by atoms with Crippen molar-refractivity contribution in [1.29, 1.82) is 0 Å². The molecule has 2 heterocycles. The molecule has 32 heavy (non-hydrogen) atoms. The number of piperidine rings is 1. The molecular formula is C23H25N3O5S. The Bertz CT molecular complexity index is 1210. The zero-order valence-electron chi connectivity index (χ0n) is 18.1. The third kappa shape index (κ3) is 4.12. The maximum Gasteiger partial charge on any atom is 0.261 e. The lowest BCUT2D eigenvalue weighted by Gasteiger charge is -2.29. The lowest BCUT2D eigenvalue weighted by molar-refractivity contribution is -0.136. The number of imide groups is 1. The molecule has 0 saturated carbocycles. The smallest absolute Gasteiger partial charge is 0.261 e. The number of anilines is 1. The molecule has 1 atom stereocenters. The average Bonchev–Trinajstić information content (AvgIpc) is 3.03. The van der Waals surface area contributed by atoms with Crippen LogP contribution in [-0.2, 0) is 31.6 Å². The molecule has 0 spiro atoms. The van der Waals surface area contributed by atoms with Crippen LogP contribution in [0.15, 0.2) is 47.4 Å². The molecule has 0 radical (unpaired) electrons. The Morgan fingerprint density at radius 2 is 1.72 bits per heavy atom. The summed E-state index contributed by atoms with van der Waals surface area (Å²) < 4.78 is 28.2. The molecule has 0 bridgehead atoms. The summed E-state index contributed by atoms with van der Waals surface area (Å²) in [6, 6.07) is 10.8. The third-order valence-electron chi connectivity index (χ3n) is 5.81. The Hall–Kier alpha value is -3.20. The first-order valence-electron chi connectivity index (χ1n) is 10.4. The summed E-state index contributed by atoms with van der Waals surface area (Å²) in [5.41, 5.74) is 2.25. The van der Waals surface area contributed by atoms with Gasteiger partial charge in [-0.15, -0.1) is 0 Å². The van der Waals surface area contributed by atoms with Crippen LogP contribution in [0.5, 0.6) is 0 Å². The van der Waals surface area contributed by atoms with Gasteiger partial charge < -0.3 is 4.90 Å². The minimum absolute atomic E-state index is 0.0928. The summed E-state index contributed by atoms with van der Waals surface area (Å²) in [7, 11) is -3.84. The molecule has 4 rings (SSSR count). The highest BCUT2D eigenvalue weighted by Gasteiger charge is 2.39. The highest BCUT2D eigenvalue weighted by molar-refractivity contribution is 7.92. The van der Waals surface area contributed by atoms with Crippen molar-refractivity contribution in [2.75, 3.05) is 4.72 Å². The predicted octanol–water partition coefficient (Wildman–Crippen LogP) is 2.55. The van der Waals surface area contributed by atoms with Gasteiger partial charge in [0.15, 0.2) is 0 Å². The van der Waals surface area contributed by atoms with Crippen LogP contribution in [0.1, 0.15) is 55.1 Å². The molecule has 1 fully saturated rings. The normalized spacial score (nSPS) is 19.0. The summed E-state index contributed by atoms with van der Waals surface area (Å²) >= 11 is 0. The molecule has 0 aromatic heterocycles. The molecule has 8 nitrogen and oxygen atoms in total. The number of benzene rings is 2. The minimum Gasteiger partial charge on any atom is -0.322 e. The fourth-order valence-electron chi connectivity index (χ4n) is 3.97. The Morgan fingerprint density at radius 1 is 1.03 bits per heavy atom. The summed E-state index contributed by atoms with van der Waals surface area (Å²) in [4.78, 5) is 38.0. The molecule has 9 heteroatoms. The fourth-order valence-corrected chi connectivity index (χ4v) is 5.02. The van der Waals surface area contributed by atoms with Crippen molar-refractivity contribution in [1.82, 2.24) is 10.2 Å². The molecule has 2 aromatic carbocycles. The third-order valence-corrected chi connectivity index (χ3v) is 7.21. The monoisotopic (exact) mass is 455 g/mol. The second kappa shape index (κ2) is 7.74. The van der Waals surface area contributed by atoms with E-state index in [-0.39, 0.29) is 47.2 Å². The van der Waals surface area contributed by atoms with Crippen LogP contribution in [-0.4, -0.2) is 37.1 Å². The summed E-state index contributed by atoms with van der Waals surface area (Å²) in [5.74, 6) is -1.19. The Kier molecular flexibility index (Phi) is 5.32. The van der Waals surface area contributed by atoms with Crippen LogP contribution >= 0.6 is 0 Å². The number of hydrogen-bond acceptors (Lipinski definition) is 5. The molecule has 2 aromatic rings. The number of carbonyl (C=O) groups is 3. The number of hydrogen-bond donors (Lipinski definition) is 2. The van der Waals surface area contributed by atoms with Gasteiger partial charge in [0.1, 0.15) is 6.04 Å². The standard InChI is InChI=1S/C23H25N3O5S/c1-23(2,3)15-5-8-17(9-6-15)32(30,31)25-16-7-4-14-13-26(22(29)18(14)12-16)19-10-11-20(27)24-21(19)28/h4-9,12,19,25H,10-11,13H2,1-3H3,(H,24,27,28). The van der Waals surface area contributed by atoms with Crippen LogP contribution in [0, 0.1) is 0 Å². The molecule has 0 aliphatic carbocycles. The van der Waals surface area contributed by atoms with E-state index < -0.39 is 22.0 Å². The average molecular weight is 456 g/mol. The quantitative estimate of drug-likeness (QED) is 0.688. The Balaban J connectivity index is 1.53. The lowest BCUT2D eigenvalue weighted by Crippen LogP contribution is -2.52. The lowest BCUT2D eigenvalue weighted by atomic mass is 9.87. The first kappa shape index (κ1) is 22.0. The van der Waals surface area contributed by atoms with Gasteiger partial charge in [0.25, 0.3) is 15.9 Å². The second-order valence-corrected chi connectivity index (χ2v) is 10.8. The van der Waals surface area contributed by atoms with E-state index in [9.17, 15) is 22.8 Å². The SMILES string of the molecule is CC(C)(C)c1ccc(S(=O)(=O)Nc2ccc3c(c2)C(=O)N(C2CCC(=O)NC2=O)C3)cc1. The van der Waals surface area contributed by atoms with E-state index in [1.165, 1.54) is 11.0 Å². The van der Waals surface area contributed by atoms with Gasteiger partial charge in [0.2, 0.25) is 11.8 Å². The van der Waals surface area contributed by atoms with Crippen LogP contribution in [0.2, 0.25) is 0 Å². The van der Waals surface area contributed by atoms with Crippen molar-refractivity contribution in [2.24, 2.45) is 0 Å². The van der Waals surface area contributed by atoms with Crippen LogP contribution in [0.4, 0.5) is 5.69 Å². The minimum atomic E-state index is -3.84. The predicted molar refractivity (Wildman–Crippen MR) is 118 cm³/mol. The van der Waals surface area contributed by atoms with E-state index >= 15 is 0 Å². The van der Waals surface area contributed by atoms with Crippen molar-refractivity contribution in [2.45, 2.75) is 56.5 Å². The van der Waals surface area contributed by atoms with Gasteiger partial charge in [0, 0.05) is 24.2 Å². The van der Waals surface area contributed by atoms with Crippen molar-refractivity contribution in [3.05, 3.63) is 59.2 Å². The van der Waals surface area contributed by atoms with Gasteiger partial charge in [-0.3, -0.25) is 24.4 Å². The number of amides is 3. The van der Waals surface area contributed by atoms with Gasteiger partial charge in [-0.2, -0.15) is 0 Å². The van der Waals surface area contributed by atoms with Gasteiger partial charge in [-0.1, -0.05) is 39.0 Å². The van der Waals surface area contributed by atoms with Gasteiger partial charge in [0.05, 0.1) is 4.90 Å². The van der Waals surface area contributed by atoms with Crippen molar-refractivity contribution in [3.63, 3.8) is 0 Å². The van der Waals surface area contributed by atoms with Gasteiger partial charge in [-0.25, -0.2) is 8.42 Å². The maximum absolute atomic E-state index is 12.9. The molecule has 1 saturated heterocycles. The largest absolute Gasteiger partial charge is 0.322 e. The van der Waals surface area contributed by atoms with Crippen molar-refractivity contribution < 1.29 is 22.8 Å². The van der Waals surface area contributed by atoms with E-state index in [1.807, 2.05) is 0 Å². The molecule has 168 valence electrons. The second-order valence-electron chi connectivity index (χ2n) is 9.15. The van der Waals surface area contributed by atoms with Crippen LogP contribution < -0.4 is 10.0 Å². The molecular weight excluding hydrogens is 430 g/mol. The first-order valence-corrected chi connectivity index (χ1v) is 11.8. The van der Waals surface area contributed by atoms with E-state index in [1.54, 1.807) is 36.4 Å². The Labute approximate surface area is 187 Å². The maximum atomic E-state index is 12.9. The topological polar surface area (TPSA) is 113 Å². The summed E-state index contributed by atoms with van der Waals surface area (Å²) in [6.07, 6.45) is 0.448. The highest BCUT2D eigenvalue weighted by Crippen LogP contribution is 2.30. The number of carbonyl (C=O) groups excluding carboxylic acids is 3. The zero-order chi connectivity index (χ0) is 23.3. The van der Waals surface area contributed by atoms with Crippen molar-refractivity contribution in [3.8, 4) is 0 Å². The van der Waals surface area contributed by atoms with Gasteiger partial charge >= 0.3 is 0 Å². The molecule has 2 N–H and O–H groups in total. The summed E-state index contributed by atoms with van der Waals surface area (Å²) in [5, 5.41) is 2.26. The van der Waals surface area contributed by atoms with E-state index in [0.29, 0.717) is 11.1 Å². The van der Waals surface area contributed by atoms with E-state index in [0.717, 1.165) is 5.56 Å². The van der Waals surface area contributed by atoms with Crippen LogP contribution in [0.25, 0.3) is 0 Å². The first-order chi connectivity index (χ1) is 15.0. The zero-order valence-corrected chi connectivity index (χ0v) is 19.0. The fraction of sp³-hybridized carbons (Fsp3) is 0.348. The molecule has 1 unspecified atom stereocenters. The van der Waals surface area contributed by atoms with Crippen LogP contribution in [0.3, 0.4) is 0 Å².